The van der Waals surface area contributed by atoms with Crippen molar-refractivity contribution < 1.29 is 31.5 Å². The molecule has 3 aromatic rings. The summed E-state index contributed by atoms with van der Waals surface area (Å²) in [6, 6.07) is 17.2. The van der Waals surface area contributed by atoms with Crippen molar-refractivity contribution in [1.29, 1.82) is 0 Å². The maximum atomic E-state index is 13.5. The molecule has 2 N–H and O–H groups in total. The minimum atomic E-state index is -3.79. The molecule has 0 aromatic heterocycles. The van der Waals surface area contributed by atoms with Gasteiger partial charge in [0.1, 0.15) is 17.3 Å². The van der Waals surface area contributed by atoms with Crippen molar-refractivity contribution in [2.24, 2.45) is 0 Å². The third-order valence-corrected chi connectivity index (χ3v) is 5.20. The second-order valence-corrected chi connectivity index (χ2v) is 8.23. The summed E-state index contributed by atoms with van der Waals surface area (Å²) in [5, 5.41) is 3.01. The Kier molecular flexibility index (Phi) is 7.52. The second kappa shape index (κ2) is 10.5. The predicted octanol–water partition coefficient (Wildman–Crippen LogP) is 4.17. The summed E-state index contributed by atoms with van der Waals surface area (Å²) in [6.45, 7) is -0.773. The number of anilines is 2. The molecule has 1 amide bonds. The number of hydrogen-bond donors (Lipinski definition) is 2. The van der Waals surface area contributed by atoms with Gasteiger partial charge in [-0.25, -0.2) is 22.0 Å². The maximum Gasteiger partial charge on any atom is 0.338 e. The quantitative estimate of drug-likeness (QED) is 0.479. The molecule has 33 heavy (non-hydrogen) atoms. The molecule has 0 bridgehead atoms. The lowest BCUT2D eigenvalue weighted by atomic mass is 10.2. The molecule has 10 heteroatoms. The van der Waals surface area contributed by atoms with E-state index >= 15 is 0 Å². The molecule has 0 spiro atoms. The van der Waals surface area contributed by atoms with E-state index in [0.717, 1.165) is 23.6 Å². The van der Waals surface area contributed by atoms with E-state index < -0.39 is 45.8 Å². The fourth-order valence-electron chi connectivity index (χ4n) is 2.61. The third kappa shape index (κ3) is 6.97. The number of halogens is 2. The largest absolute Gasteiger partial charge is 0.452 e. The van der Waals surface area contributed by atoms with E-state index in [2.05, 4.69) is 4.72 Å². The number of benzene rings is 3. The molecule has 0 heterocycles. The number of nitrogens with one attached hydrogen (secondary N) is 2. The molecule has 0 radical (unpaired) electrons. The molecule has 0 saturated heterocycles. The van der Waals surface area contributed by atoms with E-state index in [1.165, 1.54) is 30.3 Å². The fourth-order valence-corrected chi connectivity index (χ4v) is 3.48. The van der Waals surface area contributed by atoms with Gasteiger partial charge in [0.2, 0.25) is 0 Å². The van der Waals surface area contributed by atoms with E-state index in [9.17, 15) is 26.8 Å². The van der Waals surface area contributed by atoms with Gasteiger partial charge in [-0.1, -0.05) is 36.4 Å². The zero-order valence-electron chi connectivity index (χ0n) is 17.0. The zero-order chi connectivity index (χ0) is 23.8. The number of para-hydroxylation sites is 1. The summed E-state index contributed by atoms with van der Waals surface area (Å²) in [5.41, 5.74) is 0.318. The molecule has 0 aliphatic heterocycles. The van der Waals surface area contributed by atoms with Gasteiger partial charge in [0, 0.05) is 5.69 Å². The lowest BCUT2D eigenvalue weighted by Crippen LogP contribution is -2.22. The van der Waals surface area contributed by atoms with Crippen molar-refractivity contribution in [3.63, 3.8) is 0 Å². The molecule has 3 rings (SSSR count). The van der Waals surface area contributed by atoms with E-state index in [-0.39, 0.29) is 11.3 Å². The summed E-state index contributed by atoms with van der Waals surface area (Å²) in [5.74, 6) is -3.74. The van der Waals surface area contributed by atoms with Gasteiger partial charge in [0.15, 0.2) is 6.61 Å². The molecular formula is C23H18F2N2O5S. The van der Waals surface area contributed by atoms with E-state index in [4.69, 9.17) is 4.74 Å². The topological polar surface area (TPSA) is 102 Å². The van der Waals surface area contributed by atoms with Crippen molar-refractivity contribution >= 4 is 39.4 Å². The highest BCUT2D eigenvalue weighted by atomic mass is 32.2. The lowest BCUT2D eigenvalue weighted by Gasteiger charge is -2.09. The number of carbonyl (C=O) groups is 2. The smallest absolute Gasteiger partial charge is 0.338 e. The van der Waals surface area contributed by atoms with Crippen LogP contribution in [0.4, 0.5) is 20.2 Å². The first-order valence-corrected chi connectivity index (χ1v) is 11.1. The Morgan fingerprint density at radius 1 is 0.879 bits per heavy atom. The van der Waals surface area contributed by atoms with Gasteiger partial charge in [-0.15, -0.1) is 0 Å². The van der Waals surface area contributed by atoms with Crippen LogP contribution in [-0.4, -0.2) is 26.9 Å². The summed E-state index contributed by atoms with van der Waals surface area (Å²) in [6.07, 6.45) is 1.44. The number of carbonyl (C=O) groups excluding carboxylic acids is 2. The summed E-state index contributed by atoms with van der Waals surface area (Å²) >= 11 is 0. The molecule has 7 nitrogen and oxygen atoms in total. The van der Waals surface area contributed by atoms with Crippen LogP contribution in [-0.2, 0) is 19.6 Å². The van der Waals surface area contributed by atoms with Gasteiger partial charge in [-0.3, -0.25) is 9.52 Å². The monoisotopic (exact) mass is 472 g/mol. The average molecular weight is 472 g/mol. The molecular weight excluding hydrogens is 454 g/mol. The van der Waals surface area contributed by atoms with E-state index in [0.29, 0.717) is 5.56 Å². The van der Waals surface area contributed by atoms with E-state index in [1.807, 2.05) is 11.4 Å². The minimum Gasteiger partial charge on any atom is -0.452 e. The van der Waals surface area contributed by atoms with Crippen molar-refractivity contribution in [2.45, 2.75) is 0 Å². The van der Waals surface area contributed by atoms with Crippen molar-refractivity contribution in [2.75, 3.05) is 16.6 Å². The van der Waals surface area contributed by atoms with Crippen molar-refractivity contribution in [3.8, 4) is 0 Å². The summed E-state index contributed by atoms with van der Waals surface area (Å²) in [7, 11) is -3.79. The zero-order valence-corrected chi connectivity index (χ0v) is 17.8. The standard InChI is InChI=1S/C23H18F2N2O5S/c24-19-7-4-8-20(25)22(19)26-21(28)15-32-23(29)17-9-11-18(12-10-17)27-33(30,31)14-13-16-5-2-1-3-6-16/h1-14,27H,15H2,(H,26,28)/b14-13+. The summed E-state index contributed by atoms with van der Waals surface area (Å²) < 4.78 is 58.6. The molecule has 0 atom stereocenters. The normalized spacial score (nSPS) is 11.2. The van der Waals surface area contributed by atoms with Crippen LogP contribution in [0.15, 0.2) is 78.2 Å². The number of sulfonamides is 1. The highest BCUT2D eigenvalue weighted by Crippen LogP contribution is 2.18. The van der Waals surface area contributed by atoms with Crippen LogP contribution < -0.4 is 10.0 Å². The third-order valence-electron chi connectivity index (χ3n) is 4.18. The second-order valence-electron chi connectivity index (χ2n) is 6.66. The molecule has 170 valence electrons. The van der Waals surface area contributed by atoms with Gasteiger partial charge in [-0.05, 0) is 48.0 Å². The van der Waals surface area contributed by atoms with Gasteiger partial charge in [0.25, 0.3) is 15.9 Å². The fraction of sp³-hybridized carbons (Fsp3) is 0.0435. The van der Waals surface area contributed by atoms with Gasteiger partial charge in [-0.2, -0.15) is 0 Å². The molecule has 0 aliphatic carbocycles. The minimum absolute atomic E-state index is 0.0441. The Hall–Kier alpha value is -4.05. The highest BCUT2D eigenvalue weighted by Gasteiger charge is 2.15. The first-order valence-electron chi connectivity index (χ1n) is 9.50. The average Bonchev–Trinajstić information content (AvgIpc) is 2.80. The highest BCUT2D eigenvalue weighted by molar-refractivity contribution is 7.95. The predicted molar refractivity (Wildman–Crippen MR) is 120 cm³/mol. The number of ether oxygens (including phenoxy) is 1. The van der Waals surface area contributed by atoms with Crippen LogP contribution in [0.2, 0.25) is 0 Å². The van der Waals surface area contributed by atoms with Crippen LogP contribution in [0, 0.1) is 11.6 Å². The first kappa shape index (κ1) is 23.6. The molecule has 3 aromatic carbocycles. The van der Waals surface area contributed by atoms with Crippen molar-refractivity contribution in [3.05, 3.63) is 101 Å². The number of hydrogen-bond acceptors (Lipinski definition) is 5. The van der Waals surface area contributed by atoms with Crippen molar-refractivity contribution in [1.82, 2.24) is 0 Å². The summed E-state index contributed by atoms with van der Waals surface area (Å²) in [4.78, 5) is 23.9. The van der Waals surface area contributed by atoms with Gasteiger partial charge < -0.3 is 10.1 Å². The van der Waals surface area contributed by atoms with Crippen LogP contribution in [0.1, 0.15) is 15.9 Å². The maximum absolute atomic E-state index is 13.5. The Labute approximate surface area is 188 Å². The van der Waals surface area contributed by atoms with Gasteiger partial charge in [0.05, 0.1) is 11.0 Å². The molecule has 0 unspecified atom stereocenters. The molecule has 0 aliphatic rings. The van der Waals surface area contributed by atoms with E-state index in [1.54, 1.807) is 24.3 Å². The van der Waals surface area contributed by atoms with Crippen LogP contribution in [0.5, 0.6) is 0 Å². The molecule has 0 saturated carbocycles. The SMILES string of the molecule is O=C(COC(=O)c1ccc(NS(=O)(=O)/C=C/c2ccccc2)cc1)Nc1c(F)cccc1F. The van der Waals surface area contributed by atoms with Gasteiger partial charge >= 0.3 is 5.97 Å². The first-order chi connectivity index (χ1) is 15.7. The Bertz CT molecular complexity index is 1260. The Balaban J connectivity index is 1.54. The number of amides is 1. The number of rotatable bonds is 8. The lowest BCUT2D eigenvalue weighted by molar-refractivity contribution is -0.119. The van der Waals surface area contributed by atoms with Crippen LogP contribution >= 0.6 is 0 Å². The molecule has 0 fully saturated rings. The Morgan fingerprint density at radius 3 is 2.15 bits per heavy atom. The van der Waals surface area contributed by atoms with Crippen LogP contribution in [0.3, 0.4) is 0 Å². The Morgan fingerprint density at radius 2 is 1.52 bits per heavy atom. The van der Waals surface area contributed by atoms with Crippen LogP contribution in [0.25, 0.3) is 6.08 Å². The number of esters is 1.